The van der Waals surface area contributed by atoms with Crippen molar-refractivity contribution in [2.45, 2.75) is 52.1 Å². The molecule has 0 bridgehead atoms. The average molecular weight is 194 g/mol. The molecule has 0 fully saturated rings. The van der Waals surface area contributed by atoms with E-state index in [1.54, 1.807) is 27.7 Å². The van der Waals surface area contributed by atoms with Crippen molar-refractivity contribution in [2.24, 2.45) is 0 Å². The Morgan fingerprint density at radius 1 is 1.31 bits per heavy atom. The van der Waals surface area contributed by atoms with Gasteiger partial charge in [-0.05, 0) is 27.2 Å². The Morgan fingerprint density at radius 2 is 1.77 bits per heavy atom. The van der Waals surface area contributed by atoms with Gasteiger partial charge in [0.05, 0.1) is 0 Å². The maximum absolute atomic E-state index is 12.9. The summed E-state index contributed by atoms with van der Waals surface area (Å²) in [5, 5.41) is 0. The molecule has 0 amide bonds. The first kappa shape index (κ1) is 12.3. The van der Waals surface area contributed by atoms with Gasteiger partial charge in [0, 0.05) is 6.42 Å². The molecule has 0 aromatic carbocycles. The van der Waals surface area contributed by atoms with E-state index in [4.69, 9.17) is 0 Å². The largest absolute Gasteiger partial charge is 0.456 e. The summed E-state index contributed by atoms with van der Waals surface area (Å²) in [6.45, 7) is 6.28. The molecular formula is C9H16F2O2. The lowest BCUT2D eigenvalue weighted by Gasteiger charge is -2.23. The first-order chi connectivity index (χ1) is 5.69. The van der Waals surface area contributed by atoms with Crippen LogP contribution in [0, 0.1) is 0 Å². The molecule has 0 aliphatic heterocycles. The summed E-state index contributed by atoms with van der Waals surface area (Å²) < 4.78 is 30.3. The molecule has 0 saturated carbocycles. The van der Waals surface area contributed by atoms with Gasteiger partial charge in [0.1, 0.15) is 5.60 Å². The van der Waals surface area contributed by atoms with E-state index in [-0.39, 0.29) is 6.42 Å². The van der Waals surface area contributed by atoms with Crippen LogP contribution in [-0.2, 0) is 9.53 Å². The van der Waals surface area contributed by atoms with Crippen LogP contribution in [0.25, 0.3) is 0 Å². The second-order valence-electron chi connectivity index (χ2n) is 3.96. The predicted octanol–water partition coefficient (Wildman–Crippen LogP) is 2.76. The molecule has 0 N–H and O–H groups in total. The summed E-state index contributed by atoms with van der Waals surface area (Å²) in [5.41, 5.74) is -0.853. The molecule has 0 unspecified atom stereocenters. The van der Waals surface area contributed by atoms with Crippen molar-refractivity contribution in [1.29, 1.82) is 0 Å². The highest BCUT2D eigenvalue weighted by Gasteiger charge is 2.41. The lowest BCUT2D eigenvalue weighted by molar-refractivity contribution is -0.184. The third-order valence-corrected chi connectivity index (χ3v) is 1.26. The third-order valence-electron chi connectivity index (χ3n) is 1.26. The number of ether oxygens (including phenoxy) is 1. The summed E-state index contributed by atoms with van der Waals surface area (Å²) in [6, 6.07) is 0. The van der Waals surface area contributed by atoms with E-state index in [1.165, 1.54) is 0 Å². The fourth-order valence-electron chi connectivity index (χ4n) is 0.769. The first-order valence-electron chi connectivity index (χ1n) is 4.30. The van der Waals surface area contributed by atoms with Crippen LogP contribution in [0.1, 0.15) is 40.5 Å². The number of hydrogen-bond acceptors (Lipinski definition) is 2. The summed E-state index contributed by atoms with van der Waals surface area (Å²) >= 11 is 0. The van der Waals surface area contributed by atoms with Crippen molar-refractivity contribution in [2.75, 3.05) is 0 Å². The van der Waals surface area contributed by atoms with Gasteiger partial charge in [-0.1, -0.05) is 6.92 Å². The van der Waals surface area contributed by atoms with E-state index in [0.717, 1.165) is 0 Å². The highest BCUT2D eigenvalue weighted by molar-refractivity contribution is 5.77. The van der Waals surface area contributed by atoms with E-state index in [1.807, 2.05) is 0 Å². The Morgan fingerprint density at radius 3 is 2.08 bits per heavy atom. The Labute approximate surface area is 77.3 Å². The zero-order valence-corrected chi connectivity index (χ0v) is 8.49. The summed E-state index contributed by atoms with van der Waals surface area (Å²) in [6.07, 6.45) is -0.200. The number of rotatable bonds is 3. The van der Waals surface area contributed by atoms with Crippen LogP contribution >= 0.6 is 0 Å². The predicted molar refractivity (Wildman–Crippen MR) is 45.7 cm³/mol. The summed E-state index contributed by atoms with van der Waals surface area (Å²) in [7, 11) is 0. The van der Waals surface area contributed by atoms with Crippen LogP contribution < -0.4 is 0 Å². The van der Waals surface area contributed by atoms with Crippen molar-refractivity contribution in [1.82, 2.24) is 0 Å². The van der Waals surface area contributed by atoms with Gasteiger partial charge in [-0.3, -0.25) is 0 Å². The number of hydrogen-bond donors (Lipinski definition) is 0. The molecule has 78 valence electrons. The van der Waals surface area contributed by atoms with E-state index in [9.17, 15) is 13.6 Å². The minimum atomic E-state index is -3.35. The summed E-state index contributed by atoms with van der Waals surface area (Å²) in [4.78, 5) is 10.9. The number of alkyl halides is 2. The molecular weight excluding hydrogens is 178 g/mol. The number of carbonyl (C=O) groups excluding carboxylic acids is 1. The van der Waals surface area contributed by atoms with Crippen LogP contribution in [0.4, 0.5) is 8.78 Å². The Bertz CT molecular complexity index is 183. The lowest BCUT2D eigenvalue weighted by Crippen LogP contribution is -2.36. The SMILES string of the molecule is CCCC(F)(F)C(=O)OC(C)(C)C. The highest BCUT2D eigenvalue weighted by Crippen LogP contribution is 2.24. The lowest BCUT2D eigenvalue weighted by atomic mass is 10.1. The van der Waals surface area contributed by atoms with Gasteiger partial charge in [-0.2, -0.15) is 8.78 Å². The molecule has 2 nitrogen and oxygen atoms in total. The second kappa shape index (κ2) is 4.03. The van der Waals surface area contributed by atoms with Crippen LogP contribution in [0.5, 0.6) is 0 Å². The zero-order valence-electron chi connectivity index (χ0n) is 8.49. The number of esters is 1. The van der Waals surface area contributed by atoms with Crippen molar-refractivity contribution >= 4 is 5.97 Å². The Kier molecular flexibility index (Phi) is 3.82. The quantitative estimate of drug-likeness (QED) is 0.646. The van der Waals surface area contributed by atoms with Gasteiger partial charge in [0.25, 0.3) is 0 Å². The number of carbonyl (C=O) groups is 1. The van der Waals surface area contributed by atoms with Gasteiger partial charge in [-0.15, -0.1) is 0 Å². The van der Waals surface area contributed by atoms with Crippen LogP contribution in [0.3, 0.4) is 0 Å². The van der Waals surface area contributed by atoms with Crippen molar-refractivity contribution in [3.63, 3.8) is 0 Å². The molecule has 0 rings (SSSR count). The van der Waals surface area contributed by atoms with E-state index < -0.39 is 23.9 Å². The maximum Gasteiger partial charge on any atom is 0.377 e. The molecule has 0 saturated heterocycles. The highest BCUT2D eigenvalue weighted by atomic mass is 19.3. The second-order valence-corrected chi connectivity index (χ2v) is 3.96. The maximum atomic E-state index is 12.9. The normalized spacial score (nSPS) is 12.8. The monoisotopic (exact) mass is 194 g/mol. The molecule has 0 aromatic heterocycles. The van der Waals surface area contributed by atoms with Gasteiger partial charge < -0.3 is 4.74 Å². The van der Waals surface area contributed by atoms with Crippen molar-refractivity contribution in [3.05, 3.63) is 0 Å². The number of halogens is 2. The third kappa shape index (κ3) is 4.80. The molecule has 0 heterocycles. The standard InChI is InChI=1S/C9H16F2O2/c1-5-6-9(10,11)7(12)13-8(2,3)4/h5-6H2,1-4H3. The van der Waals surface area contributed by atoms with Crippen LogP contribution in [0.15, 0.2) is 0 Å². The Hall–Kier alpha value is -0.670. The first-order valence-corrected chi connectivity index (χ1v) is 4.30. The molecule has 0 radical (unpaired) electrons. The molecule has 13 heavy (non-hydrogen) atoms. The molecule has 0 spiro atoms. The van der Waals surface area contributed by atoms with Gasteiger partial charge in [0.2, 0.25) is 0 Å². The van der Waals surface area contributed by atoms with Crippen molar-refractivity contribution < 1.29 is 18.3 Å². The van der Waals surface area contributed by atoms with E-state index in [2.05, 4.69) is 4.74 Å². The van der Waals surface area contributed by atoms with E-state index in [0.29, 0.717) is 0 Å². The minimum Gasteiger partial charge on any atom is -0.456 e. The average Bonchev–Trinajstić information content (AvgIpc) is 1.82. The van der Waals surface area contributed by atoms with E-state index >= 15 is 0 Å². The van der Waals surface area contributed by atoms with Crippen LogP contribution in [-0.4, -0.2) is 17.5 Å². The molecule has 0 aromatic rings. The Balaban J connectivity index is 4.25. The van der Waals surface area contributed by atoms with Crippen molar-refractivity contribution in [3.8, 4) is 0 Å². The fraction of sp³-hybridized carbons (Fsp3) is 0.889. The molecule has 0 aliphatic carbocycles. The molecule has 4 heteroatoms. The van der Waals surface area contributed by atoms with Crippen LogP contribution in [0.2, 0.25) is 0 Å². The van der Waals surface area contributed by atoms with Gasteiger partial charge in [-0.25, -0.2) is 4.79 Å². The molecule has 0 aliphatic rings. The minimum absolute atomic E-state index is 0.256. The van der Waals surface area contributed by atoms with Gasteiger partial charge >= 0.3 is 11.9 Å². The summed E-state index contributed by atoms with van der Waals surface area (Å²) in [5.74, 6) is -4.77. The molecule has 0 atom stereocenters. The van der Waals surface area contributed by atoms with Gasteiger partial charge in [0.15, 0.2) is 0 Å². The topological polar surface area (TPSA) is 26.3 Å². The smallest absolute Gasteiger partial charge is 0.377 e. The fourth-order valence-corrected chi connectivity index (χ4v) is 0.769. The zero-order chi connectivity index (χ0) is 10.7.